The van der Waals surface area contributed by atoms with Gasteiger partial charge >= 0.3 is 0 Å². The number of ether oxygens (including phenoxy) is 1. The molecule has 0 saturated carbocycles. The fraction of sp³-hybridized carbons (Fsp3) is 0.250. The van der Waals surface area contributed by atoms with Gasteiger partial charge in [0.25, 0.3) is 0 Å². The number of hydrogen-bond acceptors (Lipinski definition) is 4. The summed E-state index contributed by atoms with van der Waals surface area (Å²) < 4.78 is 6.87. The Labute approximate surface area is 99.2 Å². The van der Waals surface area contributed by atoms with E-state index in [-0.39, 0.29) is 0 Å². The predicted molar refractivity (Wildman–Crippen MR) is 62.4 cm³/mol. The summed E-state index contributed by atoms with van der Waals surface area (Å²) >= 11 is 0. The molecule has 0 amide bonds. The second-order valence-electron chi connectivity index (χ2n) is 3.45. The van der Waals surface area contributed by atoms with Crippen molar-refractivity contribution in [3.05, 3.63) is 30.0 Å². The van der Waals surface area contributed by atoms with Gasteiger partial charge < -0.3 is 4.74 Å². The van der Waals surface area contributed by atoms with Gasteiger partial charge in [-0.2, -0.15) is 5.26 Å². The highest BCUT2D eigenvalue weighted by molar-refractivity contribution is 5.66. The van der Waals surface area contributed by atoms with Gasteiger partial charge in [0.05, 0.1) is 7.11 Å². The minimum absolute atomic E-state index is 0.333. The van der Waals surface area contributed by atoms with Crippen LogP contribution in [0.2, 0.25) is 0 Å². The lowest BCUT2D eigenvalue weighted by atomic mass is 10.1. The van der Waals surface area contributed by atoms with Crippen molar-refractivity contribution in [3.63, 3.8) is 0 Å². The lowest BCUT2D eigenvalue weighted by Crippen LogP contribution is -1.99. The summed E-state index contributed by atoms with van der Waals surface area (Å²) in [5.74, 6) is 0.746. The number of benzene rings is 1. The Morgan fingerprint density at radius 3 is 2.94 bits per heavy atom. The van der Waals surface area contributed by atoms with Crippen LogP contribution in [0.4, 0.5) is 0 Å². The molecule has 0 spiro atoms. The zero-order valence-electron chi connectivity index (χ0n) is 9.71. The maximum absolute atomic E-state index is 9.02. The topological polar surface area (TPSA) is 63.7 Å². The molecule has 17 heavy (non-hydrogen) atoms. The summed E-state index contributed by atoms with van der Waals surface area (Å²) in [7, 11) is 1.61. The Morgan fingerprint density at radius 1 is 1.47 bits per heavy atom. The Bertz CT molecular complexity index is 568. The summed E-state index contributed by atoms with van der Waals surface area (Å²) in [4.78, 5) is 0. The van der Waals surface area contributed by atoms with Crippen LogP contribution in [0.15, 0.2) is 24.3 Å². The zero-order valence-corrected chi connectivity index (χ0v) is 9.71. The highest BCUT2D eigenvalue weighted by Crippen LogP contribution is 2.25. The lowest BCUT2D eigenvalue weighted by Gasteiger charge is -2.05. The molecule has 1 heterocycles. The Morgan fingerprint density at radius 2 is 2.29 bits per heavy atom. The molecular formula is C12H12N4O. The van der Waals surface area contributed by atoms with E-state index in [9.17, 15) is 0 Å². The standard InChI is InChI=1S/C12H12N4O/c1-3-16-12(11(8-13)14-15-16)9-5-4-6-10(7-9)17-2/h4-7H,3H2,1-2H3. The summed E-state index contributed by atoms with van der Waals surface area (Å²) in [6.07, 6.45) is 0. The molecule has 0 atom stereocenters. The summed E-state index contributed by atoms with van der Waals surface area (Å²) in [6.45, 7) is 2.63. The number of nitriles is 1. The van der Waals surface area contributed by atoms with Crippen LogP contribution in [-0.4, -0.2) is 22.1 Å². The fourth-order valence-corrected chi connectivity index (χ4v) is 1.67. The Kier molecular flexibility index (Phi) is 3.06. The van der Waals surface area contributed by atoms with Gasteiger partial charge in [0, 0.05) is 12.1 Å². The summed E-state index contributed by atoms with van der Waals surface area (Å²) in [5.41, 5.74) is 1.95. The van der Waals surface area contributed by atoms with Gasteiger partial charge in [-0.3, -0.25) is 0 Å². The van der Waals surface area contributed by atoms with E-state index in [1.165, 1.54) is 0 Å². The van der Waals surface area contributed by atoms with Crippen molar-refractivity contribution in [3.8, 4) is 23.1 Å². The molecule has 0 radical (unpaired) electrons. The molecule has 2 rings (SSSR count). The van der Waals surface area contributed by atoms with Gasteiger partial charge in [-0.1, -0.05) is 17.3 Å². The first kappa shape index (κ1) is 11.1. The van der Waals surface area contributed by atoms with Gasteiger partial charge in [0.15, 0.2) is 5.69 Å². The molecule has 0 fully saturated rings. The highest BCUT2D eigenvalue weighted by Gasteiger charge is 2.13. The zero-order chi connectivity index (χ0) is 12.3. The normalized spacial score (nSPS) is 9.94. The second-order valence-corrected chi connectivity index (χ2v) is 3.45. The van der Waals surface area contributed by atoms with E-state index in [4.69, 9.17) is 10.00 Å². The SMILES string of the molecule is CCn1nnc(C#N)c1-c1cccc(OC)c1. The molecule has 5 heteroatoms. The Hall–Kier alpha value is -2.35. The van der Waals surface area contributed by atoms with Gasteiger partial charge in [0.1, 0.15) is 17.5 Å². The van der Waals surface area contributed by atoms with Crippen molar-refractivity contribution in [1.82, 2.24) is 15.0 Å². The number of nitrogens with zero attached hydrogens (tertiary/aromatic N) is 4. The van der Waals surface area contributed by atoms with E-state index in [0.29, 0.717) is 12.2 Å². The predicted octanol–water partition coefficient (Wildman–Crippen LogP) is 1.85. The van der Waals surface area contributed by atoms with Gasteiger partial charge in [-0.15, -0.1) is 5.10 Å². The number of aromatic nitrogens is 3. The number of rotatable bonds is 3. The third-order valence-corrected chi connectivity index (χ3v) is 2.48. The minimum atomic E-state index is 0.333. The van der Waals surface area contributed by atoms with Crippen molar-refractivity contribution in [2.75, 3.05) is 7.11 Å². The van der Waals surface area contributed by atoms with Crippen LogP contribution in [0, 0.1) is 11.3 Å². The van der Waals surface area contributed by atoms with Crippen molar-refractivity contribution in [1.29, 1.82) is 5.26 Å². The average Bonchev–Trinajstić information content (AvgIpc) is 2.81. The van der Waals surface area contributed by atoms with Crippen LogP contribution in [0.5, 0.6) is 5.75 Å². The molecule has 0 saturated heterocycles. The molecule has 86 valence electrons. The number of hydrogen-bond donors (Lipinski definition) is 0. The van der Waals surface area contributed by atoms with E-state index in [1.54, 1.807) is 11.8 Å². The van der Waals surface area contributed by atoms with Crippen LogP contribution in [0.25, 0.3) is 11.3 Å². The third kappa shape index (κ3) is 1.97. The number of aryl methyl sites for hydroxylation is 1. The van der Waals surface area contributed by atoms with Gasteiger partial charge in [-0.05, 0) is 19.1 Å². The van der Waals surface area contributed by atoms with Crippen molar-refractivity contribution >= 4 is 0 Å². The molecule has 1 aromatic heterocycles. The molecular weight excluding hydrogens is 216 g/mol. The Balaban J connectivity index is 2.58. The summed E-state index contributed by atoms with van der Waals surface area (Å²) in [5, 5.41) is 16.8. The largest absolute Gasteiger partial charge is 0.497 e. The molecule has 0 aliphatic carbocycles. The van der Waals surface area contributed by atoms with Gasteiger partial charge in [-0.25, -0.2) is 4.68 Å². The quantitative estimate of drug-likeness (QED) is 0.804. The first-order chi connectivity index (χ1) is 8.30. The molecule has 5 nitrogen and oxygen atoms in total. The van der Waals surface area contributed by atoms with Crippen LogP contribution in [0.1, 0.15) is 12.6 Å². The van der Waals surface area contributed by atoms with Crippen LogP contribution in [0.3, 0.4) is 0 Å². The van der Waals surface area contributed by atoms with E-state index < -0.39 is 0 Å². The highest BCUT2D eigenvalue weighted by atomic mass is 16.5. The maximum atomic E-state index is 9.02. The van der Waals surface area contributed by atoms with E-state index in [0.717, 1.165) is 17.0 Å². The monoisotopic (exact) mass is 228 g/mol. The van der Waals surface area contributed by atoms with E-state index >= 15 is 0 Å². The smallest absolute Gasteiger partial charge is 0.190 e. The average molecular weight is 228 g/mol. The molecule has 2 aromatic rings. The maximum Gasteiger partial charge on any atom is 0.190 e. The van der Waals surface area contributed by atoms with Crippen molar-refractivity contribution in [2.24, 2.45) is 0 Å². The molecule has 0 aliphatic heterocycles. The number of methoxy groups -OCH3 is 1. The van der Waals surface area contributed by atoms with Crippen molar-refractivity contribution < 1.29 is 4.74 Å². The third-order valence-electron chi connectivity index (χ3n) is 2.48. The second kappa shape index (κ2) is 4.66. The first-order valence-electron chi connectivity index (χ1n) is 5.28. The minimum Gasteiger partial charge on any atom is -0.497 e. The van der Waals surface area contributed by atoms with Crippen LogP contribution >= 0.6 is 0 Å². The van der Waals surface area contributed by atoms with E-state index in [2.05, 4.69) is 16.4 Å². The first-order valence-corrected chi connectivity index (χ1v) is 5.28. The molecule has 1 aromatic carbocycles. The fourth-order valence-electron chi connectivity index (χ4n) is 1.67. The van der Waals surface area contributed by atoms with Crippen molar-refractivity contribution in [2.45, 2.75) is 13.5 Å². The van der Waals surface area contributed by atoms with E-state index in [1.807, 2.05) is 31.2 Å². The summed E-state index contributed by atoms with van der Waals surface area (Å²) in [6, 6.07) is 9.56. The lowest BCUT2D eigenvalue weighted by molar-refractivity contribution is 0.415. The molecule has 0 N–H and O–H groups in total. The van der Waals surface area contributed by atoms with Gasteiger partial charge in [0.2, 0.25) is 0 Å². The van der Waals surface area contributed by atoms with Crippen LogP contribution in [-0.2, 0) is 6.54 Å². The molecule has 0 aliphatic rings. The van der Waals surface area contributed by atoms with Crippen LogP contribution < -0.4 is 4.74 Å². The molecule has 0 bridgehead atoms. The molecule has 0 unspecified atom stereocenters.